The highest BCUT2D eigenvalue weighted by Crippen LogP contribution is 2.13. The highest BCUT2D eigenvalue weighted by atomic mass is 28.4. The molecule has 0 amide bonds. The average molecular weight is 603 g/mol. The van der Waals surface area contributed by atoms with E-state index in [0.29, 0.717) is 0 Å². The summed E-state index contributed by atoms with van der Waals surface area (Å²) in [4.78, 5) is 0. The molecule has 0 aliphatic rings. The highest BCUT2D eigenvalue weighted by Gasteiger charge is 2.43. The molecule has 0 fully saturated rings. The number of benzene rings is 3. The van der Waals surface area contributed by atoms with Gasteiger partial charge in [0.2, 0.25) is 0 Å². The van der Waals surface area contributed by atoms with Crippen LogP contribution in [-0.4, -0.2) is 83.8 Å². The molecule has 212 valence electrons. The van der Waals surface area contributed by atoms with Crippen molar-refractivity contribution in [3.8, 4) is 0 Å². The second-order valence-corrected chi connectivity index (χ2v) is 23.0. The van der Waals surface area contributed by atoms with Crippen LogP contribution >= 0.6 is 0 Å². The molecule has 0 spiro atoms. The van der Waals surface area contributed by atoms with E-state index in [1.807, 2.05) is 19.6 Å². The van der Waals surface area contributed by atoms with E-state index in [1.54, 1.807) is 49.8 Å². The lowest BCUT2D eigenvalue weighted by Gasteiger charge is -2.33. The van der Waals surface area contributed by atoms with Gasteiger partial charge in [-0.05, 0) is 50.8 Å². The Hall–Kier alpha value is -1.75. The van der Waals surface area contributed by atoms with Crippen molar-refractivity contribution in [1.29, 1.82) is 0 Å². The molecule has 0 unspecified atom stereocenters. The summed E-state index contributed by atoms with van der Waals surface area (Å²) in [6.07, 6.45) is 0. The van der Waals surface area contributed by atoms with Crippen LogP contribution < -0.4 is 31.1 Å². The fraction of sp³-hybridized carbons (Fsp3) is 0.357. The molecule has 0 saturated carbocycles. The zero-order valence-corrected chi connectivity index (χ0v) is 28.8. The van der Waals surface area contributed by atoms with Crippen LogP contribution in [0, 0.1) is 0 Å². The third kappa shape index (κ3) is 5.85. The summed E-state index contributed by atoms with van der Waals surface area (Å²) in [5, 5.41) is 6.54. The average Bonchev–Trinajstić information content (AvgIpc) is 3.01. The van der Waals surface area contributed by atoms with Crippen molar-refractivity contribution in [2.24, 2.45) is 0 Å². The van der Waals surface area contributed by atoms with Crippen LogP contribution in [-0.2, 0) is 31.0 Å². The first-order chi connectivity index (χ1) is 18.6. The van der Waals surface area contributed by atoms with Gasteiger partial charge in [0.15, 0.2) is 0 Å². The molecule has 3 aromatic rings. The van der Waals surface area contributed by atoms with Gasteiger partial charge in [-0.2, -0.15) is 0 Å². The summed E-state index contributed by atoms with van der Waals surface area (Å²) in [5.74, 6) is 0. The van der Waals surface area contributed by atoms with Crippen LogP contribution in [0.2, 0.25) is 19.6 Å². The van der Waals surface area contributed by atoms with E-state index in [4.69, 9.17) is 31.0 Å². The van der Waals surface area contributed by atoms with Gasteiger partial charge in [-0.1, -0.05) is 72.8 Å². The Kier molecular flexibility index (Phi) is 10.5. The standard InChI is InChI=1S/C28H42O7Si4/c1-29-36(8,30-2)23-11-17-26(18-12-23)39(35-7,27-19-13-24(14-20-27)37(9,31-3)32-4)28-21-15-25(16-22-28)38(10,33-5)34-6/h11-22H,1-10H3. The predicted molar refractivity (Wildman–Crippen MR) is 167 cm³/mol. The summed E-state index contributed by atoms with van der Waals surface area (Å²) in [7, 11) is 1.71. The molecule has 0 N–H and O–H groups in total. The van der Waals surface area contributed by atoms with Crippen LogP contribution in [0.3, 0.4) is 0 Å². The van der Waals surface area contributed by atoms with Crippen LogP contribution in [0.4, 0.5) is 0 Å². The molecular weight excluding hydrogens is 561 g/mol. The summed E-state index contributed by atoms with van der Waals surface area (Å²) in [5.41, 5.74) is 0. The molecule has 0 atom stereocenters. The van der Waals surface area contributed by atoms with Crippen molar-refractivity contribution in [1.82, 2.24) is 0 Å². The van der Waals surface area contributed by atoms with Gasteiger partial charge in [0, 0.05) is 49.8 Å². The molecule has 7 nitrogen and oxygen atoms in total. The first kappa shape index (κ1) is 31.8. The molecule has 0 aliphatic heterocycles. The van der Waals surface area contributed by atoms with Crippen LogP contribution in [0.5, 0.6) is 0 Å². The minimum absolute atomic E-state index is 1.06. The van der Waals surface area contributed by atoms with Gasteiger partial charge in [-0.3, -0.25) is 0 Å². The Morgan fingerprint density at radius 1 is 0.308 bits per heavy atom. The maximum absolute atomic E-state index is 6.62. The molecule has 11 heteroatoms. The van der Waals surface area contributed by atoms with Gasteiger partial charge in [-0.25, -0.2) is 0 Å². The summed E-state index contributed by atoms with van der Waals surface area (Å²) >= 11 is 0. The van der Waals surface area contributed by atoms with Crippen molar-refractivity contribution >= 4 is 65.1 Å². The Bertz CT molecular complexity index is 1040. The van der Waals surface area contributed by atoms with Gasteiger partial charge < -0.3 is 31.0 Å². The topological polar surface area (TPSA) is 64.6 Å². The molecule has 39 heavy (non-hydrogen) atoms. The molecule has 0 aromatic heterocycles. The zero-order chi connectivity index (χ0) is 28.9. The molecule has 3 rings (SSSR count). The fourth-order valence-electron chi connectivity index (χ4n) is 4.83. The van der Waals surface area contributed by atoms with Gasteiger partial charge in [0.05, 0.1) is 0 Å². The smallest absolute Gasteiger partial charge is 0.368 e. The van der Waals surface area contributed by atoms with E-state index in [0.717, 1.165) is 31.1 Å². The van der Waals surface area contributed by atoms with Crippen molar-refractivity contribution in [3.05, 3.63) is 72.8 Å². The van der Waals surface area contributed by atoms with Gasteiger partial charge in [-0.15, -0.1) is 0 Å². The van der Waals surface area contributed by atoms with E-state index >= 15 is 0 Å². The van der Waals surface area contributed by atoms with Crippen LogP contribution in [0.15, 0.2) is 72.8 Å². The van der Waals surface area contributed by atoms with E-state index in [-0.39, 0.29) is 0 Å². The number of hydrogen-bond acceptors (Lipinski definition) is 7. The molecule has 0 saturated heterocycles. The van der Waals surface area contributed by atoms with E-state index in [2.05, 4.69) is 72.8 Å². The van der Waals surface area contributed by atoms with Crippen LogP contribution in [0.25, 0.3) is 0 Å². The third-order valence-corrected chi connectivity index (χ3v) is 21.0. The minimum atomic E-state index is -2.90. The van der Waals surface area contributed by atoms with Gasteiger partial charge in [0.1, 0.15) is 0 Å². The first-order valence-electron chi connectivity index (χ1n) is 12.8. The van der Waals surface area contributed by atoms with E-state index < -0.39 is 34.0 Å². The third-order valence-electron chi connectivity index (χ3n) is 8.09. The van der Waals surface area contributed by atoms with Crippen molar-refractivity contribution in [2.45, 2.75) is 19.6 Å². The Labute approximate surface area is 237 Å². The second-order valence-electron chi connectivity index (χ2n) is 9.68. The lowest BCUT2D eigenvalue weighted by Crippen LogP contribution is -2.69. The lowest BCUT2D eigenvalue weighted by atomic mass is 10.3. The maximum atomic E-state index is 6.62. The SMILES string of the molecule is CO[Si](C)(OC)c1ccc([Si](OC)(c2ccc([Si](C)(OC)OC)cc2)c2ccc([Si](C)(OC)OC)cc2)cc1. The number of hydrogen-bond donors (Lipinski definition) is 0. The lowest BCUT2D eigenvalue weighted by molar-refractivity contribution is 0.265. The van der Waals surface area contributed by atoms with Crippen molar-refractivity contribution in [3.63, 3.8) is 0 Å². The highest BCUT2D eigenvalue weighted by molar-refractivity contribution is 7.07. The van der Waals surface area contributed by atoms with Gasteiger partial charge in [0.25, 0.3) is 8.32 Å². The van der Waals surface area contributed by atoms with E-state index in [9.17, 15) is 0 Å². The summed E-state index contributed by atoms with van der Waals surface area (Å²) in [6.45, 7) is 6.12. The Morgan fingerprint density at radius 2 is 0.487 bits per heavy atom. The maximum Gasteiger partial charge on any atom is 0.368 e. The Morgan fingerprint density at radius 3 is 0.641 bits per heavy atom. The van der Waals surface area contributed by atoms with Crippen molar-refractivity contribution < 1.29 is 31.0 Å². The minimum Gasteiger partial charge on any atom is -0.408 e. The fourth-order valence-corrected chi connectivity index (χ4v) is 12.7. The Balaban J connectivity index is 2.23. The largest absolute Gasteiger partial charge is 0.408 e. The summed E-state index contributed by atoms with van der Waals surface area (Å²) < 4.78 is 41.3. The second kappa shape index (κ2) is 12.8. The molecule has 0 bridgehead atoms. The molecule has 0 aliphatic carbocycles. The monoisotopic (exact) mass is 602 g/mol. The molecule has 0 heterocycles. The molecule has 3 aromatic carbocycles. The van der Waals surface area contributed by atoms with Gasteiger partial charge >= 0.3 is 25.7 Å². The molecular formula is C28H42O7Si4. The molecule has 0 radical (unpaired) electrons. The van der Waals surface area contributed by atoms with Crippen molar-refractivity contribution in [2.75, 3.05) is 49.8 Å². The van der Waals surface area contributed by atoms with E-state index in [1.165, 1.54) is 0 Å². The first-order valence-corrected chi connectivity index (χ1v) is 21.6. The quantitative estimate of drug-likeness (QED) is 0.214. The predicted octanol–water partition coefficient (Wildman–Crippen LogP) is 1.02. The zero-order valence-electron chi connectivity index (χ0n) is 24.8. The van der Waals surface area contributed by atoms with Crippen LogP contribution in [0.1, 0.15) is 0 Å². The number of rotatable bonds is 13. The summed E-state index contributed by atoms with van der Waals surface area (Å²) in [6, 6.07) is 25.6. The normalized spacial score (nSPS) is 13.1.